The molecule has 0 saturated heterocycles. The number of amides is 1. The fraction of sp³-hybridized carbons (Fsp3) is 0.917. The predicted octanol–water partition coefficient (Wildman–Crippen LogP) is 0.818. The maximum Gasteiger partial charge on any atom is 0.227 e. The summed E-state index contributed by atoms with van der Waals surface area (Å²) in [4.78, 5) is 14.1. The summed E-state index contributed by atoms with van der Waals surface area (Å²) in [5.74, 6) is 0.0367. The van der Waals surface area contributed by atoms with Crippen molar-refractivity contribution in [3.05, 3.63) is 0 Å². The van der Waals surface area contributed by atoms with E-state index in [9.17, 15) is 4.79 Å². The highest BCUT2D eigenvalue weighted by atomic mass is 16.2. The summed E-state index contributed by atoms with van der Waals surface area (Å²) in [5, 5.41) is 3.01. The third-order valence-corrected chi connectivity index (χ3v) is 2.93. The van der Waals surface area contributed by atoms with Crippen LogP contribution in [0.5, 0.6) is 0 Å². The van der Waals surface area contributed by atoms with Gasteiger partial charge in [0.2, 0.25) is 5.91 Å². The monoisotopic (exact) mass is 229 g/mol. The van der Waals surface area contributed by atoms with Gasteiger partial charge >= 0.3 is 0 Å². The van der Waals surface area contributed by atoms with E-state index in [4.69, 9.17) is 5.73 Å². The average Bonchev–Trinajstić information content (AvgIpc) is 2.25. The van der Waals surface area contributed by atoms with Crippen LogP contribution in [-0.4, -0.2) is 43.0 Å². The molecule has 0 aromatic rings. The second-order valence-electron chi connectivity index (χ2n) is 4.95. The van der Waals surface area contributed by atoms with E-state index in [0.29, 0.717) is 6.54 Å². The Labute approximate surface area is 99.6 Å². The van der Waals surface area contributed by atoms with Gasteiger partial charge < -0.3 is 16.0 Å². The van der Waals surface area contributed by atoms with Crippen molar-refractivity contribution in [2.45, 2.75) is 40.7 Å². The van der Waals surface area contributed by atoms with Crippen molar-refractivity contribution >= 4 is 5.91 Å². The first kappa shape index (κ1) is 15.4. The van der Waals surface area contributed by atoms with Gasteiger partial charge in [-0.1, -0.05) is 13.8 Å². The van der Waals surface area contributed by atoms with Crippen molar-refractivity contribution in [3.8, 4) is 0 Å². The number of hydrogen-bond acceptors (Lipinski definition) is 3. The standard InChI is InChI=1S/C12H27N3O/c1-6-15(7-2)8-10(3)14-11(16)12(4,5)9-13/h10H,6-9,13H2,1-5H3,(H,14,16). The lowest BCUT2D eigenvalue weighted by atomic mass is 9.92. The first-order valence-electron chi connectivity index (χ1n) is 6.10. The summed E-state index contributed by atoms with van der Waals surface area (Å²) < 4.78 is 0. The van der Waals surface area contributed by atoms with Crippen LogP contribution in [0.15, 0.2) is 0 Å². The SMILES string of the molecule is CCN(CC)CC(C)NC(=O)C(C)(C)CN. The van der Waals surface area contributed by atoms with Gasteiger partial charge in [0.15, 0.2) is 0 Å². The van der Waals surface area contributed by atoms with E-state index in [-0.39, 0.29) is 11.9 Å². The minimum absolute atomic E-state index is 0.0367. The highest BCUT2D eigenvalue weighted by molar-refractivity contribution is 5.82. The molecule has 0 spiro atoms. The molecule has 1 amide bonds. The second-order valence-corrected chi connectivity index (χ2v) is 4.95. The van der Waals surface area contributed by atoms with E-state index in [1.807, 2.05) is 20.8 Å². The minimum Gasteiger partial charge on any atom is -0.352 e. The van der Waals surface area contributed by atoms with Gasteiger partial charge in [0.25, 0.3) is 0 Å². The van der Waals surface area contributed by atoms with Crippen LogP contribution in [0.1, 0.15) is 34.6 Å². The molecule has 0 fully saturated rings. The molecule has 0 aromatic heterocycles. The van der Waals surface area contributed by atoms with Gasteiger partial charge in [-0.2, -0.15) is 0 Å². The van der Waals surface area contributed by atoms with Gasteiger partial charge in [0.1, 0.15) is 0 Å². The summed E-state index contributed by atoms with van der Waals surface area (Å²) in [5.41, 5.74) is 5.09. The van der Waals surface area contributed by atoms with Gasteiger partial charge in [-0.3, -0.25) is 4.79 Å². The number of rotatable bonds is 7. The van der Waals surface area contributed by atoms with E-state index in [2.05, 4.69) is 24.1 Å². The van der Waals surface area contributed by atoms with Gasteiger partial charge in [-0.15, -0.1) is 0 Å². The van der Waals surface area contributed by atoms with Crippen molar-refractivity contribution in [1.82, 2.24) is 10.2 Å². The predicted molar refractivity (Wildman–Crippen MR) is 68.2 cm³/mol. The van der Waals surface area contributed by atoms with E-state index in [1.54, 1.807) is 0 Å². The van der Waals surface area contributed by atoms with E-state index >= 15 is 0 Å². The summed E-state index contributed by atoms with van der Waals surface area (Å²) >= 11 is 0. The molecule has 1 unspecified atom stereocenters. The lowest BCUT2D eigenvalue weighted by Gasteiger charge is -2.27. The van der Waals surface area contributed by atoms with Gasteiger partial charge in [-0.05, 0) is 33.9 Å². The van der Waals surface area contributed by atoms with Crippen molar-refractivity contribution in [1.29, 1.82) is 0 Å². The number of carbonyl (C=O) groups excluding carboxylic acids is 1. The van der Waals surface area contributed by atoms with Crippen LogP contribution in [-0.2, 0) is 4.79 Å². The summed E-state index contributed by atoms with van der Waals surface area (Å²) in [6, 6.07) is 0.165. The molecular weight excluding hydrogens is 202 g/mol. The number of hydrogen-bond donors (Lipinski definition) is 2. The molecule has 96 valence electrons. The lowest BCUT2D eigenvalue weighted by molar-refractivity contribution is -0.129. The highest BCUT2D eigenvalue weighted by Crippen LogP contribution is 2.12. The van der Waals surface area contributed by atoms with Crippen LogP contribution in [0.25, 0.3) is 0 Å². The number of nitrogens with two attached hydrogens (primary N) is 1. The van der Waals surface area contributed by atoms with Crippen molar-refractivity contribution in [3.63, 3.8) is 0 Å². The molecule has 16 heavy (non-hydrogen) atoms. The van der Waals surface area contributed by atoms with Crippen LogP contribution in [0.4, 0.5) is 0 Å². The Balaban J connectivity index is 4.14. The maximum atomic E-state index is 11.9. The molecule has 4 nitrogen and oxygen atoms in total. The Hall–Kier alpha value is -0.610. The molecule has 0 rings (SSSR count). The fourth-order valence-corrected chi connectivity index (χ4v) is 1.43. The van der Waals surface area contributed by atoms with Gasteiger partial charge in [-0.25, -0.2) is 0 Å². The molecule has 1 atom stereocenters. The van der Waals surface area contributed by atoms with Crippen LogP contribution in [0.2, 0.25) is 0 Å². The Kier molecular flexibility index (Phi) is 6.60. The molecule has 0 aromatic carbocycles. The zero-order chi connectivity index (χ0) is 12.8. The van der Waals surface area contributed by atoms with E-state index < -0.39 is 5.41 Å². The molecule has 0 heterocycles. The summed E-state index contributed by atoms with van der Waals surface area (Å²) in [7, 11) is 0. The molecule has 4 heteroatoms. The summed E-state index contributed by atoms with van der Waals surface area (Å²) in [6.07, 6.45) is 0. The molecule has 0 aliphatic heterocycles. The van der Waals surface area contributed by atoms with E-state index in [1.165, 1.54) is 0 Å². The molecule has 0 radical (unpaired) electrons. The molecule has 0 aliphatic carbocycles. The van der Waals surface area contributed by atoms with Crippen LogP contribution < -0.4 is 11.1 Å². The van der Waals surface area contributed by atoms with Crippen LogP contribution in [0.3, 0.4) is 0 Å². The molecule has 3 N–H and O–H groups in total. The lowest BCUT2D eigenvalue weighted by Crippen LogP contribution is -2.48. The topological polar surface area (TPSA) is 58.4 Å². The van der Waals surface area contributed by atoms with Crippen LogP contribution in [0, 0.1) is 5.41 Å². The minimum atomic E-state index is -0.475. The second kappa shape index (κ2) is 6.86. The normalized spacial score (nSPS) is 13.9. The number of likely N-dealkylation sites (N-methyl/N-ethyl adjacent to an activating group) is 1. The molecule has 0 bridgehead atoms. The first-order valence-corrected chi connectivity index (χ1v) is 6.10. The zero-order valence-corrected chi connectivity index (χ0v) is 11.3. The molecule has 0 aliphatic rings. The Bertz CT molecular complexity index is 212. The Morgan fingerprint density at radius 3 is 2.25 bits per heavy atom. The smallest absolute Gasteiger partial charge is 0.227 e. The van der Waals surface area contributed by atoms with Gasteiger partial charge in [0.05, 0.1) is 5.41 Å². The Morgan fingerprint density at radius 1 is 1.38 bits per heavy atom. The van der Waals surface area contributed by atoms with Crippen molar-refractivity contribution in [2.24, 2.45) is 11.1 Å². The van der Waals surface area contributed by atoms with E-state index in [0.717, 1.165) is 19.6 Å². The molecular formula is C12H27N3O. The van der Waals surface area contributed by atoms with Gasteiger partial charge in [0, 0.05) is 19.1 Å². The number of nitrogens with zero attached hydrogens (tertiary/aromatic N) is 1. The maximum absolute atomic E-state index is 11.9. The zero-order valence-electron chi connectivity index (χ0n) is 11.3. The van der Waals surface area contributed by atoms with Crippen LogP contribution >= 0.6 is 0 Å². The first-order chi connectivity index (χ1) is 7.37. The van der Waals surface area contributed by atoms with Crippen molar-refractivity contribution in [2.75, 3.05) is 26.2 Å². The third kappa shape index (κ3) is 4.94. The largest absolute Gasteiger partial charge is 0.352 e. The Morgan fingerprint density at radius 2 is 1.88 bits per heavy atom. The number of carbonyl (C=O) groups is 1. The van der Waals surface area contributed by atoms with Crippen molar-refractivity contribution < 1.29 is 4.79 Å². The third-order valence-electron chi connectivity index (χ3n) is 2.93. The molecule has 0 saturated carbocycles. The number of nitrogens with one attached hydrogen (secondary N) is 1. The average molecular weight is 229 g/mol. The summed E-state index contributed by atoms with van der Waals surface area (Å²) in [6.45, 7) is 13.3. The fourth-order valence-electron chi connectivity index (χ4n) is 1.43. The highest BCUT2D eigenvalue weighted by Gasteiger charge is 2.26. The quantitative estimate of drug-likeness (QED) is 0.679.